The molecule has 7 nitrogen and oxygen atoms in total. The predicted octanol–water partition coefficient (Wildman–Crippen LogP) is 3.82. The summed E-state index contributed by atoms with van der Waals surface area (Å²) in [4.78, 5) is 14.5. The number of nitrogens with one attached hydrogen (secondary N) is 2. The fraction of sp³-hybridized carbons (Fsp3) is 0.375. The lowest BCUT2D eigenvalue weighted by molar-refractivity contribution is 0.0288. The lowest BCUT2D eigenvalue weighted by Gasteiger charge is -2.36. The van der Waals surface area contributed by atoms with Crippen LogP contribution in [0.3, 0.4) is 0 Å². The van der Waals surface area contributed by atoms with Gasteiger partial charge in [-0.15, -0.1) is 0 Å². The number of benzene rings is 2. The normalized spacial score (nSPS) is 15.4. The highest BCUT2D eigenvalue weighted by Crippen LogP contribution is 2.36. The molecule has 0 saturated carbocycles. The fourth-order valence-corrected chi connectivity index (χ4v) is 4.22. The van der Waals surface area contributed by atoms with Gasteiger partial charge in [0.2, 0.25) is 0 Å². The van der Waals surface area contributed by atoms with Crippen molar-refractivity contribution >= 4 is 17.6 Å². The molecule has 2 aromatic carbocycles. The number of likely N-dealkylation sites (tertiary alicyclic amines) is 1. The van der Waals surface area contributed by atoms with Gasteiger partial charge in [0.1, 0.15) is 5.84 Å². The Morgan fingerprint density at radius 2 is 1.74 bits per heavy atom. The number of nitrogens with zero attached hydrogens (tertiary/aromatic N) is 1. The van der Waals surface area contributed by atoms with Crippen LogP contribution in [0.15, 0.2) is 42.5 Å². The third-order valence-electron chi connectivity index (χ3n) is 5.91. The maximum Gasteiger partial charge on any atom is 0.337 e. The van der Waals surface area contributed by atoms with Crippen LogP contribution in [0.5, 0.6) is 0 Å². The van der Waals surface area contributed by atoms with Crippen molar-refractivity contribution in [3.8, 4) is 11.1 Å². The Kier molecular flexibility index (Phi) is 7.07. The van der Waals surface area contributed by atoms with Crippen LogP contribution < -0.4 is 5.73 Å². The molecule has 1 heterocycles. The van der Waals surface area contributed by atoms with Crippen molar-refractivity contribution in [3.63, 3.8) is 0 Å². The van der Waals surface area contributed by atoms with E-state index in [1.807, 2.05) is 37.3 Å². The molecule has 0 aromatic heterocycles. The second kappa shape index (κ2) is 9.75. The van der Waals surface area contributed by atoms with Crippen molar-refractivity contribution < 1.29 is 14.3 Å². The van der Waals surface area contributed by atoms with Gasteiger partial charge in [0.05, 0.1) is 24.6 Å². The summed E-state index contributed by atoms with van der Waals surface area (Å²) in [5.41, 5.74) is 9.37. The zero-order valence-corrected chi connectivity index (χ0v) is 18.3. The second-order valence-electron chi connectivity index (χ2n) is 7.90. The van der Waals surface area contributed by atoms with Crippen LogP contribution in [-0.4, -0.2) is 49.8 Å². The smallest absolute Gasteiger partial charge is 0.337 e. The number of piperidine rings is 1. The number of hydrogen-bond acceptors (Lipinski definition) is 5. The molecule has 1 fully saturated rings. The molecule has 1 saturated heterocycles. The Hall–Kier alpha value is -3.19. The second-order valence-corrected chi connectivity index (χ2v) is 7.90. The van der Waals surface area contributed by atoms with Gasteiger partial charge in [0, 0.05) is 25.8 Å². The first kappa shape index (κ1) is 22.5. The van der Waals surface area contributed by atoms with Crippen molar-refractivity contribution in [2.45, 2.75) is 25.9 Å². The van der Waals surface area contributed by atoms with E-state index in [-0.39, 0.29) is 17.9 Å². The van der Waals surface area contributed by atoms with Crippen molar-refractivity contribution in [1.82, 2.24) is 4.90 Å². The van der Waals surface area contributed by atoms with Gasteiger partial charge < -0.3 is 20.1 Å². The predicted molar refractivity (Wildman–Crippen MR) is 122 cm³/mol. The van der Waals surface area contributed by atoms with Gasteiger partial charge in [-0.1, -0.05) is 18.2 Å². The molecule has 31 heavy (non-hydrogen) atoms. The van der Waals surface area contributed by atoms with Crippen molar-refractivity contribution in [2.75, 3.05) is 27.3 Å². The third-order valence-corrected chi connectivity index (χ3v) is 5.91. The molecule has 0 aliphatic carbocycles. The zero-order valence-electron chi connectivity index (χ0n) is 18.3. The summed E-state index contributed by atoms with van der Waals surface area (Å²) in [7, 11) is 3.06. The van der Waals surface area contributed by atoms with Gasteiger partial charge in [0.15, 0.2) is 0 Å². The highest BCUT2D eigenvalue weighted by molar-refractivity contribution is 5.96. The van der Waals surface area contributed by atoms with E-state index in [4.69, 9.17) is 26.0 Å². The van der Waals surface area contributed by atoms with Crippen molar-refractivity contribution in [1.29, 1.82) is 10.8 Å². The minimum Gasteiger partial charge on any atom is -0.465 e. The van der Waals surface area contributed by atoms with Crippen molar-refractivity contribution in [3.05, 3.63) is 59.2 Å². The largest absolute Gasteiger partial charge is 0.465 e. The first-order chi connectivity index (χ1) is 14.8. The number of ether oxygens (including phenoxy) is 2. The molecule has 0 bridgehead atoms. The fourth-order valence-electron chi connectivity index (χ4n) is 4.22. The van der Waals surface area contributed by atoms with E-state index in [2.05, 4.69) is 4.90 Å². The monoisotopic (exact) mass is 422 g/mol. The number of nitrogen functional groups attached to an aromatic ring is 1. The van der Waals surface area contributed by atoms with Crippen LogP contribution in [0.1, 0.15) is 47.4 Å². The lowest BCUT2D eigenvalue weighted by atomic mass is 9.85. The van der Waals surface area contributed by atoms with Crippen LogP contribution in [0, 0.1) is 16.7 Å². The summed E-state index contributed by atoms with van der Waals surface area (Å²) in [5.74, 6) is 0.460. The number of carbonyl (C=O) groups excluding carboxylic acids is 1. The van der Waals surface area contributed by atoms with Gasteiger partial charge in [-0.05, 0) is 66.6 Å². The van der Waals surface area contributed by atoms with Gasteiger partial charge in [0.25, 0.3) is 0 Å². The number of esters is 1. The first-order valence-electron chi connectivity index (χ1n) is 10.3. The number of carbonyl (C=O) groups is 1. The molecule has 0 radical (unpaired) electrons. The minimum absolute atomic E-state index is 0.00536. The Morgan fingerprint density at radius 3 is 2.32 bits per heavy atom. The Morgan fingerprint density at radius 1 is 1.06 bits per heavy atom. The molecule has 164 valence electrons. The molecule has 1 aliphatic heterocycles. The molecular weight excluding hydrogens is 392 g/mol. The number of rotatable bonds is 6. The van der Waals surface area contributed by atoms with Gasteiger partial charge in [-0.25, -0.2) is 4.79 Å². The molecule has 0 spiro atoms. The lowest BCUT2D eigenvalue weighted by Crippen LogP contribution is -2.38. The summed E-state index contributed by atoms with van der Waals surface area (Å²) >= 11 is 0. The minimum atomic E-state index is -0.407. The Bertz CT molecular complexity index is 981. The van der Waals surface area contributed by atoms with Gasteiger partial charge in [-0.3, -0.25) is 10.8 Å². The quantitative estimate of drug-likeness (QED) is 0.372. The van der Waals surface area contributed by atoms with Gasteiger partial charge >= 0.3 is 5.97 Å². The van der Waals surface area contributed by atoms with E-state index in [9.17, 15) is 4.79 Å². The van der Waals surface area contributed by atoms with E-state index >= 15 is 0 Å². The van der Waals surface area contributed by atoms with E-state index in [0.717, 1.165) is 42.6 Å². The van der Waals surface area contributed by atoms with E-state index in [0.29, 0.717) is 17.0 Å². The number of nitrogens with two attached hydrogens (primary N) is 1. The van der Waals surface area contributed by atoms with Crippen LogP contribution in [0.4, 0.5) is 0 Å². The zero-order chi connectivity index (χ0) is 22.5. The molecule has 0 amide bonds. The molecule has 7 heteroatoms. The standard InChI is InChI=1S/C24H30N4O3/c1-15(25)28-9-7-16(8-10-28)22(30-2)20-12-19(13-21(14-20)24(29)31-3)17-5-4-6-18(11-17)23(26)27/h4-6,11-14,16,22,25H,7-10H2,1-3H3,(H3,26,27). The first-order valence-corrected chi connectivity index (χ1v) is 10.3. The van der Waals surface area contributed by atoms with Crippen molar-refractivity contribution in [2.24, 2.45) is 11.7 Å². The van der Waals surface area contributed by atoms with E-state index < -0.39 is 5.97 Å². The molecule has 1 unspecified atom stereocenters. The Labute approximate surface area is 183 Å². The summed E-state index contributed by atoms with van der Waals surface area (Å²) in [6.45, 7) is 3.46. The van der Waals surface area contributed by atoms with Crippen LogP contribution in [0.2, 0.25) is 0 Å². The van der Waals surface area contributed by atoms with Crippen LogP contribution in [-0.2, 0) is 9.47 Å². The number of hydrogen-bond donors (Lipinski definition) is 3. The van der Waals surface area contributed by atoms with E-state index in [1.165, 1.54) is 7.11 Å². The highest BCUT2D eigenvalue weighted by atomic mass is 16.5. The molecular formula is C24H30N4O3. The molecule has 1 aliphatic rings. The molecule has 1 atom stereocenters. The van der Waals surface area contributed by atoms with Gasteiger partial charge in [-0.2, -0.15) is 0 Å². The average Bonchev–Trinajstić information content (AvgIpc) is 2.79. The SMILES string of the molecule is COC(=O)c1cc(-c2cccc(C(=N)N)c2)cc(C(OC)C2CCN(C(C)=N)CC2)c1. The average molecular weight is 423 g/mol. The summed E-state index contributed by atoms with van der Waals surface area (Å²) in [6, 6.07) is 13.1. The Balaban J connectivity index is 2.00. The highest BCUT2D eigenvalue weighted by Gasteiger charge is 2.29. The topological polar surface area (TPSA) is 112 Å². The maximum absolute atomic E-state index is 12.4. The number of methoxy groups -OCH3 is 2. The maximum atomic E-state index is 12.4. The summed E-state index contributed by atoms with van der Waals surface area (Å²) < 4.78 is 10.9. The summed E-state index contributed by atoms with van der Waals surface area (Å²) in [5, 5.41) is 15.6. The third kappa shape index (κ3) is 5.11. The number of amidine groups is 2. The molecule has 4 N–H and O–H groups in total. The van der Waals surface area contributed by atoms with Crippen LogP contribution >= 0.6 is 0 Å². The van der Waals surface area contributed by atoms with Crippen LogP contribution in [0.25, 0.3) is 11.1 Å². The molecule has 3 rings (SSSR count). The molecule has 2 aromatic rings. The summed E-state index contributed by atoms with van der Waals surface area (Å²) in [6.07, 6.45) is 1.64. The van der Waals surface area contributed by atoms with E-state index in [1.54, 1.807) is 19.2 Å².